The third-order valence-electron chi connectivity index (χ3n) is 6.49. The lowest BCUT2D eigenvalue weighted by Crippen LogP contribution is -2.25. The molecule has 1 amide bonds. The van der Waals surface area contributed by atoms with Gasteiger partial charge in [0.05, 0.1) is 47.1 Å². The van der Waals surface area contributed by atoms with Crippen LogP contribution < -0.4 is 5.32 Å². The topological polar surface area (TPSA) is 121 Å². The van der Waals surface area contributed by atoms with Crippen molar-refractivity contribution < 1.29 is 22.4 Å². The quantitative estimate of drug-likeness (QED) is 0.342. The smallest absolute Gasteiger partial charge is 0.324 e. The molecule has 5 aromatic heterocycles. The summed E-state index contributed by atoms with van der Waals surface area (Å²) in [6.07, 6.45) is 2.92. The third-order valence-corrected chi connectivity index (χ3v) is 6.76. The second-order valence-corrected chi connectivity index (χ2v) is 9.27. The van der Waals surface area contributed by atoms with Crippen molar-refractivity contribution in [1.82, 2.24) is 44.4 Å². The summed E-state index contributed by atoms with van der Waals surface area (Å²) in [5.41, 5.74) is 0.133. The third kappa shape index (κ3) is 3.77. The van der Waals surface area contributed by atoms with Gasteiger partial charge in [0, 0.05) is 35.0 Å². The number of pyridine rings is 1. The predicted molar refractivity (Wildman–Crippen MR) is 123 cm³/mol. The lowest BCUT2D eigenvalue weighted by molar-refractivity contribution is -0.212. The summed E-state index contributed by atoms with van der Waals surface area (Å²) in [6.45, 7) is 1.65. The maximum Gasteiger partial charge on any atom is 0.504 e. The average Bonchev–Trinajstić information content (AvgIpc) is 3.64. The zero-order valence-corrected chi connectivity index (χ0v) is 20.0. The number of rotatable bonds is 4. The van der Waals surface area contributed by atoms with Gasteiger partial charge in [-0.25, -0.2) is 14.5 Å². The fourth-order valence-corrected chi connectivity index (χ4v) is 5.02. The van der Waals surface area contributed by atoms with Crippen LogP contribution in [-0.4, -0.2) is 50.3 Å². The molecule has 0 radical (unpaired) electrons. The molecule has 0 saturated heterocycles. The molecule has 2 atom stereocenters. The van der Waals surface area contributed by atoms with E-state index in [4.69, 9.17) is 11.6 Å². The number of hydrogen-bond donors (Lipinski definition) is 1. The summed E-state index contributed by atoms with van der Waals surface area (Å²) >= 11 is 6.30. The van der Waals surface area contributed by atoms with Crippen LogP contribution in [0.2, 0.25) is 5.02 Å². The van der Waals surface area contributed by atoms with E-state index in [0.29, 0.717) is 11.3 Å². The van der Waals surface area contributed by atoms with E-state index in [1.54, 1.807) is 6.92 Å². The molecule has 194 valence electrons. The van der Waals surface area contributed by atoms with E-state index in [0.717, 1.165) is 18.5 Å². The summed E-state index contributed by atoms with van der Waals surface area (Å²) < 4.78 is 55.1. The van der Waals surface area contributed by atoms with E-state index in [1.807, 2.05) is 0 Å². The van der Waals surface area contributed by atoms with Crippen molar-refractivity contribution in [2.24, 2.45) is 0 Å². The van der Waals surface area contributed by atoms with Gasteiger partial charge in [-0.2, -0.15) is 24.4 Å². The number of amides is 1. The molecule has 0 unspecified atom stereocenters. The molecule has 1 aliphatic carbocycles. The first-order valence-corrected chi connectivity index (χ1v) is 11.4. The van der Waals surface area contributed by atoms with Crippen molar-refractivity contribution in [3.05, 3.63) is 77.1 Å². The van der Waals surface area contributed by atoms with E-state index in [1.165, 1.54) is 40.2 Å². The number of fused-ring (bicyclic) bond motifs is 3. The van der Waals surface area contributed by atoms with Gasteiger partial charge in [-0.15, -0.1) is 23.1 Å². The number of carbonyl (C=O) groups is 1. The Hall–Kier alpha value is -4.40. The van der Waals surface area contributed by atoms with Gasteiger partial charge in [0.1, 0.15) is 0 Å². The predicted octanol–water partition coefficient (Wildman–Crippen LogP) is 3.60. The summed E-state index contributed by atoms with van der Waals surface area (Å²) in [4.78, 5) is 23.1. The van der Waals surface area contributed by atoms with Gasteiger partial charge in [0.15, 0.2) is 11.5 Å². The number of anilines is 1. The standard InChI is InChI=1S/C22H15ClF4N10O/c1-21(11-7-32-35(10-11)22(25,26)27)6-13(14-9-28-17-5-16(24)34-36(17)18(14)21)20(38)33-12-4-15(23)19(29-8-12)37-30-2-3-31-37/h2-5,7-10,13H,6H2,1H3,(H,33,38)/t13-,21+/m0/s1. The highest BCUT2D eigenvalue weighted by molar-refractivity contribution is 6.32. The van der Waals surface area contributed by atoms with Crippen molar-refractivity contribution >= 4 is 28.8 Å². The molecular weight excluding hydrogens is 532 g/mol. The Morgan fingerprint density at radius 1 is 1.13 bits per heavy atom. The number of nitrogens with zero attached hydrogens (tertiary/aromatic N) is 9. The van der Waals surface area contributed by atoms with Crippen LogP contribution in [0.5, 0.6) is 0 Å². The van der Waals surface area contributed by atoms with E-state index in [9.17, 15) is 22.4 Å². The van der Waals surface area contributed by atoms with Crippen molar-refractivity contribution in [3.63, 3.8) is 0 Å². The number of aromatic nitrogens is 9. The van der Waals surface area contributed by atoms with Crippen molar-refractivity contribution in [2.45, 2.75) is 31.0 Å². The van der Waals surface area contributed by atoms with Crippen molar-refractivity contribution in [3.8, 4) is 5.82 Å². The van der Waals surface area contributed by atoms with Crippen LogP contribution in [0.25, 0.3) is 11.5 Å². The van der Waals surface area contributed by atoms with Crippen LogP contribution in [0.15, 0.2) is 49.3 Å². The first-order valence-electron chi connectivity index (χ1n) is 11.0. The minimum atomic E-state index is -4.73. The number of alkyl halides is 3. The number of halogens is 5. The molecule has 38 heavy (non-hydrogen) atoms. The summed E-state index contributed by atoms with van der Waals surface area (Å²) in [6, 6.07) is 2.56. The van der Waals surface area contributed by atoms with Gasteiger partial charge in [-0.05, 0) is 19.4 Å². The van der Waals surface area contributed by atoms with Crippen LogP contribution in [0.4, 0.5) is 23.2 Å². The molecule has 0 spiro atoms. The van der Waals surface area contributed by atoms with E-state index >= 15 is 0 Å². The lowest BCUT2D eigenvalue weighted by Gasteiger charge is -2.24. The molecule has 6 rings (SSSR count). The molecule has 0 saturated carbocycles. The fourth-order valence-electron chi connectivity index (χ4n) is 4.78. The second kappa shape index (κ2) is 8.31. The Labute approximate surface area is 215 Å². The molecule has 16 heteroatoms. The highest BCUT2D eigenvalue weighted by Crippen LogP contribution is 2.50. The van der Waals surface area contributed by atoms with Crippen LogP contribution in [0.1, 0.15) is 36.1 Å². The fraction of sp³-hybridized carbons (Fsp3) is 0.227. The molecule has 0 fully saturated rings. The number of nitrogens with one attached hydrogen (secondary N) is 1. The summed E-state index contributed by atoms with van der Waals surface area (Å²) in [7, 11) is 0. The zero-order valence-electron chi connectivity index (χ0n) is 19.2. The second-order valence-electron chi connectivity index (χ2n) is 8.87. The average molecular weight is 547 g/mol. The summed E-state index contributed by atoms with van der Waals surface area (Å²) in [5.74, 6) is -1.93. The van der Waals surface area contributed by atoms with Gasteiger partial charge in [0.25, 0.3) is 0 Å². The van der Waals surface area contributed by atoms with E-state index in [-0.39, 0.29) is 38.8 Å². The molecule has 0 aliphatic heterocycles. The van der Waals surface area contributed by atoms with Crippen molar-refractivity contribution in [2.75, 3.05) is 5.32 Å². The number of carbonyl (C=O) groups excluding carboxylic acids is 1. The van der Waals surface area contributed by atoms with Crippen molar-refractivity contribution in [1.29, 1.82) is 0 Å². The first-order chi connectivity index (χ1) is 18.0. The molecule has 5 heterocycles. The molecule has 5 aromatic rings. The minimum Gasteiger partial charge on any atom is -0.324 e. The van der Waals surface area contributed by atoms with E-state index < -0.39 is 29.5 Å². The zero-order chi connectivity index (χ0) is 26.8. The molecule has 1 aliphatic rings. The molecule has 11 nitrogen and oxygen atoms in total. The molecular formula is C22H15ClF4N10O. The van der Waals surface area contributed by atoms with Crippen LogP contribution >= 0.6 is 11.6 Å². The maximum atomic E-state index is 14.1. The largest absolute Gasteiger partial charge is 0.504 e. The Balaban J connectivity index is 1.39. The Morgan fingerprint density at radius 3 is 2.58 bits per heavy atom. The van der Waals surface area contributed by atoms with Gasteiger partial charge in [-0.1, -0.05) is 11.6 Å². The minimum absolute atomic E-state index is 0.0381. The van der Waals surface area contributed by atoms with Gasteiger partial charge in [-0.3, -0.25) is 4.79 Å². The normalized spacial score (nSPS) is 19.2. The Bertz CT molecular complexity index is 1700. The highest BCUT2D eigenvalue weighted by Gasteiger charge is 2.48. The molecule has 0 aromatic carbocycles. The molecule has 0 bridgehead atoms. The monoisotopic (exact) mass is 546 g/mol. The highest BCUT2D eigenvalue weighted by atomic mass is 35.5. The van der Waals surface area contributed by atoms with Crippen LogP contribution in [0.3, 0.4) is 0 Å². The summed E-state index contributed by atoms with van der Waals surface area (Å²) in [5, 5.41) is 18.1. The number of hydrogen-bond acceptors (Lipinski definition) is 7. The van der Waals surface area contributed by atoms with E-state index in [2.05, 4.69) is 35.7 Å². The SMILES string of the molecule is C[C@]1(c2cnn(C(F)(F)F)c2)C[C@H](C(=O)Nc2cnc(-n3nccn3)c(Cl)c2)c2cnc3cc(F)nn3c21. The van der Waals surface area contributed by atoms with Gasteiger partial charge < -0.3 is 5.32 Å². The van der Waals surface area contributed by atoms with Crippen LogP contribution in [-0.2, 0) is 16.5 Å². The Morgan fingerprint density at radius 2 is 1.89 bits per heavy atom. The first kappa shape index (κ1) is 24.0. The molecule has 1 N–H and O–H groups in total. The Kier molecular flexibility index (Phi) is 5.24. The van der Waals surface area contributed by atoms with Crippen LogP contribution in [0, 0.1) is 5.95 Å². The van der Waals surface area contributed by atoms with Gasteiger partial charge >= 0.3 is 6.30 Å². The maximum absolute atomic E-state index is 14.1. The lowest BCUT2D eigenvalue weighted by atomic mass is 9.80. The van der Waals surface area contributed by atoms with Gasteiger partial charge in [0.2, 0.25) is 11.9 Å².